The normalized spacial score (nSPS) is 13.6. The third-order valence-corrected chi connectivity index (χ3v) is 8.17. The summed E-state index contributed by atoms with van der Waals surface area (Å²) in [6, 6.07) is 9.29. The van der Waals surface area contributed by atoms with Crippen LogP contribution in [0.4, 0.5) is 0 Å². The molecule has 37 heavy (non-hydrogen) atoms. The van der Waals surface area contributed by atoms with Crippen molar-refractivity contribution in [2.24, 2.45) is 0 Å². The van der Waals surface area contributed by atoms with Gasteiger partial charge in [0.25, 0.3) is 0 Å². The number of benzene rings is 2. The van der Waals surface area contributed by atoms with E-state index in [1.165, 1.54) is 88.6 Å². The minimum Gasteiger partial charge on any atom is -0.493 e. The van der Waals surface area contributed by atoms with Gasteiger partial charge in [0.1, 0.15) is 0 Å². The molecule has 0 atom stereocenters. The molecule has 2 heteroatoms. The van der Waals surface area contributed by atoms with Crippen LogP contribution in [-0.2, 0) is 19.3 Å². The summed E-state index contributed by atoms with van der Waals surface area (Å²) < 4.78 is 1.50. The summed E-state index contributed by atoms with van der Waals surface area (Å²) in [5, 5.41) is 0. The molecule has 0 spiro atoms. The summed E-state index contributed by atoms with van der Waals surface area (Å²) in [4.78, 5) is 0. The zero-order chi connectivity index (χ0) is 26.9. The molecule has 0 fully saturated rings. The Balaban J connectivity index is 2.12. The molecule has 1 aliphatic rings. The van der Waals surface area contributed by atoms with Crippen molar-refractivity contribution in [3.05, 3.63) is 86.0 Å². The molecule has 1 aliphatic heterocycles. The highest BCUT2D eigenvalue weighted by atomic mass is 15.2. The van der Waals surface area contributed by atoms with Crippen LogP contribution in [0.1, 0.15) is 130 Å². The lowest BCUT2D eigenvalue weighted by Gasteiger charge is -2.18. The van der Waals surface area contributed by atoms with Crippen LogP contribution in [0, 0.1) is 20.8 Å². The largest absolute Gasteiger partial charge is 0.493 e. The maximum absolute atomic E-state index is 11.7. The Kier molecular flexibility index (Phi) is 10.9. The van der Waals surface area contributed by atoms with E-state index < -0.39 is 0 Å². The highest BCUT2D eigenvalue weighted by Gasteiger charge is 2.30. The van der Waals surface area contributed by atoms with E-state index in [2.05, 4.69) is 78.8 Å². The molecule has 0 radical (unpaired) electrons. The monoisotopic (exact) mass is 498 g/mol. The van der Waals surface area contributed by atoms with Gasteiger partial charge in [-0.05, 0) is 130 Å². The second-order valence-corrected chi connectivity index (χ2v) is 11.1. The summed E-state index contributed by atoms with van der Waals surface area (Å²) in [6.07, 6.45) is 16.2. The number of hydrogen-bond acceptors (Lipinski definition) is 0. The average molecular weight is 499 g/mol. The van der Waals surface area contributed by atoms with Crippen molar-refractivity contribution in [1.82, 2.24) is 0 Å². The first-order valence-electron chi connectivity index (χ1n) is 15.0. The van der Waals surface area contributed by atoms with Gasteiger partial charge >= 0.3 is 0 Å². The smallest absolute Gasteiger partial charge is 0.210 e. The van der Waals surface area contributed by atoms with Gasteiger partial charge in [0.2, 0.25) is 11.4 Å². The fraction of sp³-hybridized carbons (Fsp3) is 0.543. The SMILES string of the molecule is CCCCC1=C(c2cc(C)c(C)c(C)c2)[N+](=[N-])C(c2cc(CCCC)c(CCCC)c(CCCC)c2)=C1. The van der Waals surface area contributed by atoms with Crippen molar-refractivity contribution in [1.29, 1.82) is 0 Å². The zero-order valence-corrected chi connectivity index (χ0v) is 24.8. The minimum absolute atomic E-state index is 0.939. The summed E-state index contributed by atoms with van der Waals surface area (Å²) in [5.41, 5.74) is 25.7. The molecular formula is C35H50N2. The summed E-state index contributed by atoms with van der Waals surface area (Å²) in [6.45, 7) is 15.6. The molecule has 3 rings (SSSR count). The molecule has 1 heterocycles. The number of rotatable bonds is 14. The summed E-state index contributed by atoms with van der Waals surface area (Å²) in [7, 11) is 0. The lowest BCUT2D eigenvalue weighted by atomic mass is 9.88. The van der Waals surface area contributed by atoms with E-state index >= 15 is 0 Å². The minimum atomic E-state index is 0.939. The molecular weight excluding hydrogens is 448 g/mol. The number of hydrogen-bond donors (Lipinski definition) is 0. The molecule has 0 aliphatic carbocycles. The molecule has 200 valence electrons. The van der Waals surface area contributed by atoms with Crippen LogP contribution >= 0.6 is 0 Å². The predicted molar refractivity (Wildman–Crippen MR) is 161 cm³/mol. The molecule has 0 saturated carbocycles. The number of allylic oxidation sites excluding steroid dienone is 2. The Morgan fingerprint density at radius 3 is 1.62 bits per heavy atom. The summed E-state index contributed by atoms with van der Waals surface area (Å²) >= 11 is 0. The van der Waals surface area contributed by atoms with Crippen molar-refractivity contribution in [3.8, 4) is 0 Å². The van der Waals surface area contributed by atoms with E-state index in [0.717, 1.165) is 49.1 Å². The fourth-order valence-electron chi connectivity index (χ4n) is 5.60. The van der Waals surface area contributed by atoms with Gasteiger partial charge in [-0.15, -0.1) is 0 Å². The molecule has 0 aromatic heterocycles. The quantitative estimate of drug-likeness (QED) is 0.231. The lowest BCUT2D eigenvalue weighted by molar-refractivity contribution is -0.344. The molecule has 2 aromatic carbocycles. The van der Waals surface area contributed by atoms with Crippen LogP contribution in [-0.4, -0.2) is 4.70 Å². The van der Waals surface area contributed by atoms with Gasteiger partial charge in [0.05, 0.1) is 0 Å². The summed E-state index contributed by atoms with van der Waals surface area (Å²) in [5.74, 6) is 0. The van der Waals surface area contributed by atoms with Gasteiger partial charge < -0.3 is 5.53 Å². The van der Waals surface area contributed by atoms with Crippen molar-refractivity contribution in [2.45, 2.75) is 126 Å². The van der Waals surface area contributed by atoms with Gasteiger partial charge in [0, 0.05) is 22.8 Å². The van der Waals surface area contributed by atoms with Crippen LogP contribution in [0.5, 0.6) is 0 Å². The number of unbranched alkanes of at least 4 members (excludes halogenated alkanes) is 4. The standard InChI is InChI=1S/C35H50N2/c1-8-12-16-28-22-31(23-29(17-13-9-2)33(28)19-15-11-4)34-24-30(18-14-10-3)35(37(34)36)32-20-25(5)27(7)26(6)21-32/h20-24H,8-19H2,1-7H3. The zero-order valence-electron chi connectivity index (χ0n) is 24.8. The first-order valence-corrected chi connectivity index (χ1v) is 15.0. The van der Waals surface area contributed by atoms with Crippen LogP contribution < -0.4 is 0 Å². The lowest BCUT2D eigenvalue weighted by Crippen LogP contribution is -2.07. The molecule has 0 N–H and O–H groups in total. The van der Waals surface area contributed by atoms with E-state index in [9.17, 15) is 5.53 Å². The molecule has 0 bridgehead atoms. The van der Waals surface area contributed by atoms with Crippen molar-refractivity contribution in [2.75, 3.05) is 0 Å². The fourth-order valence-corrected chi connectivity index (χ4v) is 5.60. The Labute approximate surface area is 227 Å². The van der Waals surface area contributed by atoms with Gasteiger partial charge in [-0.2, -0.15) is 0 Å². The highest BCUT2D eigenvalue weighted by Crippen LogP contribution is 2.39. The Morgan fingerprint density at radius 2 is 1.11 bits per heavy atom. The third-order valence-electron chi connectivity index (χ3n) is 8.17. The van der Waals surface area contributed by atoms with E-state index in [4.69, 9.17) is 0 Å². The predicted octanol–water partition coefficient (Wildman–Crippen LogP) is 10.6. The van der Waals surface area contributed by atoms with Crippen molar-refractivity contribution in [3.63, 3.8) is 0 Å². The van der Waals surface area contributed by atoms with Crippen LogP contribution in [0.25, 0.3) is 16.9 Å². The second kappa shape index (κ2) is 13.9. The molecule has 0 unspecified atom stereocenters. The number of aryl methyl sites for hydroxylation is 4. The van der Waals surface area contributed by atoms with Crippen LogP contribution in [0.2, 0.25) is 0 Å². The maximum atomic E-state index is 11.7. The Bertz CT molecular complexity index is 1110. The average Bonchev–Trinajstić information content (AvgIpc) is 3.22. The molecule has 2 nitrogen and oxygen atoms in total. The van der Waals surface area contributed by atoms with Gasteiger partial charge in [0.15, 0.2) is 0 Å². The van der Waals surface area contributed by atoms with Gasteiger partial charge in [-0.25, -0.2) is 4.70 Å². The Hall–Kier alpha value is -2.48. The van der Waals surface area contributed by atoms with Gasteiger partial charge in [-0.1, -0.05) is 53.4 Å². The Morgan fingerprint density at radius 1 is 0.622 bits per heavy atom. The second-order valence-electron chi connectivity index (χ2n) is 11.1. The first-order chi connectivity index (χ1) is 17.9. The molecule has 2 aromatic rings. The molecule has 0 amide bonds. The van der Waals surface area contributed by atoms with E-state index in [-0.39, 0.29) is 0 Å². The number of nitrogens with zero attached hydrogens (tertiary/aromatic N) is 2. The van der Waals surface area contributed by atoms with Crippen LogP contribution in [0.3, 0.4) is 0 Å². The molecule has 0 saturated heterocycles. The maximum Gasteiger partial charge on any atom is 0.210 e. The van der Waals surface area contributed by atoms with Crippen molar-refractivity contribution >= 4 is 11.4 Å². The third kappa shape index (κ3) is 6.89. The van der Waals surface area contributed by atoms with E-state index in [1.807, 2.05) is 0 Å². The van der Waals surface area contributed by atoms with Gasteiger partial charge in [-0.3, -0.25) is 0 Å². The van der Waals surface area contributed by atoms with E-state index in [0.29, 0.717) is 0 Å². The highest BCUT2D eigenvalue weighted by molar-refractivity contribution is 5.79. The first kappa shape index (κ1) is 29.1. The van der Waals surface area contributed by atoms with Crippen molar-refractivity contribution < 1.29 is 4.70 Å². The van der Waals surface area contributed by atoms with Crippen LogP contribution in [0.15, 0.2) is 35.9 Å². The topological polar surface area (TPSA) is 25.3 Å². The van der Waals surface area contributed by atoms with E-state index in [1.54, 1.807) is 5.56 Å².